The number of methoxy groups -OCH3 is 1. The molecule has 3 aromatic heterocycles. The molecule has 6 rings (SSSR count). The van der Waals surface area contributed by atoms with Crippen molar-refractivity contribution in [3.63, 3.8) is 0 Å². The van der Waals surface area contributed by atoms with Crippen LogP contribution in [0.15, 0.2) is 83.4 Å². The van der Waals surface area contributed by atoms with Crippen LogP contribution in [0.1, 0.15) is 21.5 Å². The number of hydrogen-bond acceptors (Lipinski definition) is 5. The Labute approximate surface area is 219 Å². The van der Waals surface area contributed by atoms with Gasteiger partial charge in [-0.05, 0) is 60.9 Å². The summed E-state index contributed by atoms with van der Waals surface area (Å²) in [6, 6.07) is 22.6. The molecule has 0 aliphatic carbocycles. The Hall–Kier alpha value is -4.62. The average Bonchev–Trinajstić information content (AvgIpc) is 3.57. The lowest BCUT2D eigenvalue weighted by Crippen LogP contribution is -2.39. The van der Waals surface area contributed by atoms with Crippen molar-refractivity contribution in [3.8, 4) is 17.2 Å². The van der Waals surface area contributed by atoms with E-state index in [9.17, 15) is 9.90 Å². The van der Waals surface area contributed by atoms with Gasteiger partial charge < -0.3 is 24.6 Å². The summed E-state index contributed by atoms with van der Waals surface area (Å²) in [5.74, 6) is 0.898. The number of aliphatic hydroxyl groups is 1. The van der Waals surface area contributed by atoms with Crippen LogP contribution in [0.3, 0.4) is 0 Å². The minimum absolute atomic E-state index is 0.201. The fraction of sp³-hybridized carbons (Fsp3) is 0.161. The van der Waals surface area contributed by atoms with Gasteiger partial charge in [0.25, 0.3) is 5.91 Å². The molecular weight excluding hydrogens is 478 g/mol. The Morgan fingerprint density at radius 3 is 2.76 bits per heavy atom. The SMILES string of the molecule is COc1ccc2nc(-c3cc4cccc(C)c4o3)cc(C(=O)NC(CO)Cc3c[nH]c4ccccc34)c2c1. The van der Waals surface area contributed by atoms with Crippen molar-refractivity contribution in [1.29, 1.82) is 0 Å². The van der Waals surface area contributed by atoms with E-state index in [1.54, 1.807) is 19.2 Å². The standard InChI is InChI=1S/C31H27N3O4/c1-18-6-5-7-19-13-29(38-30(18)19)28-15-25(24-14-22(37-2)10-11-27(24)34-28)31(36)33-21(17-35)12-20-16-32-26-9-4-3-8-23(20)26/h3-11,13-16,21,32,35H,12,17H2,1-2H3,(H,33,36). The van der Waals surface area contributed by atoms with Gasteiger partial charge in [0, 0.05) is 27.9 Å². The van der Waals surface area contributed by atoms with Gasteiger partial charge in [0.2, 0.25) is 0 Å². The van der Waals surface area contributed by atoms with Gasteiger partial charge >= 0.3 is 0 Å². The van der Waals surface area contributed by atoms with Crippen LogP contribution in [0.5, 0.6) is 5.75 Å². The van der Waals surface area contributed by atoms with Gasteiger partial charge in [0.1, 0.15) is 17.0 Å². The highest BCUT2D eigenvalue weighted by Gasteiger charge is 2.21. The zero-order valence-corrected chi connectivity index (χ0v) is 21.1. The molecule has 0 fully saturated rings. The van der Waals surface area contributed by atoms with Gasteiger partial charge in [-0.1, -0.05) is 36.4 Å². The number of ether oxygens (including phenoxy) is 1. The molecule has 3 N–H and O–H groups in total. The molecule has 1 atom stereocenters. The quantitative estimate of drug-likeness (QED) is 0.255. The van der Waals surface area contributed by atoms with Crippen LogP contribution in [0.25, 0.3) is 44.2 Å². The van der Waals surface area contributed by atoms with E-state index in [1.807, 2.05) is 73.8 Å². The number of benzene rings is 3. The molecule has 6 aromatic rings. The Balaban J connectivity index is 1.39. The number of rotatable bonds is 7. The average molecular weight is 506 g/mol. The van der Waals surface area contributed by atoms with Crippen LogP contribution in [-0.2, 0) is 6.42 Å². The summed E-state index contributed by atoms with van der Waals surface area (Å²) in [5, 5.41) is 15.9. The first-order chi connectivity index (χ1) is 18.5. The van der Waals surface area contributed by atoms with Crippen molar-refractivity contribution < 1.29 is 19.1 Å². The number of nitrogens with one attached hydrogen (secondary N) is 2. The molecule has 0 saturated heterocycles. The summed E-state index contributed by atoms with van der Waals surface area (Å²) in [6.45, 7) is 1.80. The van der Waals surface area contributed by atoms with Gasteiger partial charge in [-0.2, -0.15) is 0 Å². The monoisotopic (exact) mass is 505 g/mol. The molecule has 0 aliphatic heterocycles. The van der Waals surface area contributed by atoms with Crippen LogP contribution >= 0.6 is 0 Å². The number of aryl methyl sites for hydroxylation is 1. The van der Waals surface area contributed by atoms with Gasteiger partial charge in [-0.15, -0.1) is 0 Å². The van der Waals surface area contributed by atoms with E-state index in [0.717, 1.165) is 33.0 Å². The lowest BCUT2D eigenvalue weighted by molar-refractivity contribution is 0.0918. The third-order valence-electron chi connectivity index (χ3n) is 6.95. The predicted molar refractivity (Wildman–Crippen MR) is 149 cm³/mol. The lowest BCUT2D eigenvalue weighted by atomic mass is 10.0. The van der Waals surface area contributed by atoms with Crippen LogP contribution in [0.2, 0.25) is 0 Å². The molecule has 0 spiro atoms. The van der Waals surface area contributed by atoms with E-state index >= 15 is 0 Å². The van der Waals surface area contributed by atoms with Crippen molar-refractivity contribution in [2.24, 2.45) is 0 Å². The maximum absolute atomic E-state index is 13.7. The number of carbonyl (C=O) groups is 1. The molecule has 3 aromatic carbocycles. The summed E-state index contributed by atoms with van der Waals surface area (Å²) < 4.78 is 11.6. The van der Waals surface area contributed by atoms with Crippen molar-refractivity contribution in [1.82, 2.24) is 15.3 Å². The Kier molecular flexibility index (Phi) is 6.05. The van der Waals surface area contributed by atoms with E-state index in [-0.39, 0.29) is 12.5 Å². The highest BCUT2D eigenvalue weighted by molar-refractivity contribution is 6.07. The van der Waals surface area contributed by atoms with E-state index in [1.165, 1.54) is 0 Å². The molecule has 1 amide bonds. The first kappa shape index (κ1) is 23.8. The number of aromatic nitrogens is 2. The van der Waals surface area contributed by atoms with Crippen LogP contribution < -0.4 is 10.1 Å². The van der Waals surface area contributed by atoms with Gasteiger partial charge in [0.05, 0.1) is 30.8 Å². The highest BCUT2D eigenvalue weighted by atomic mass is 16.5. The fourth-order valence-electron chi connectivity index (χ4n) is 4.97. The molecule has 7 heteroatoms. The second kappa shape index (κ2) is 9.68. The van der Waals surface area contributed by atoms with Crippen LogP contribution in [0, 0.1) is 6.92 Å². The van der Waals surface area contributed by atoms with Crippen molar-refractivity contribution in [2.75, 3.05) is 13.7 Å². The number of furan rings is 1. The van der Waals surface area contributed by atoms with Crippen LogP contribution in [0.4, 0.5) is 0 Å². The number of pyridine rings is 1. The molecule has 0 aliphatic rings. The van der Waals surface area contributed by atoms with E-state index in [2.05, 4.69) is 10.3 Å². The summed E-state index contributed by atoms with van der Waals surface area (Å²) in [7, 11) is 1.59. The Morgan fingerprint density at radius 2 is 1.95 bits per heavy atom. The molecule has 7 nitrogen and oxygen atoms in total. The second-order valence-corrected chi connectivity index (χ2v) is 9.46. The summed E-state index contributed by atoms with van der Waals surface area (Å²) in [5.41, 5.74) is 5.49. The van der Waals surface area contributed by atoms with Crippen molar-refractivity contribution in [3.05, 3.63) is 95.7 Å². The Morgan fingerprint density at radius 1 is 1.08 bits per heavy atom. The van der Waals surface area contributed by atoms with Crippen molar-refractivity contribution in [2.45, 2.75) is 19.4 Å². The topological polar surface area (TPSA) is 100 Å². The summed E-state index contributed by atoms with van der Waals surface area (Å²) in [6.07, 6.45) is 2.40. The van der Waals surface area contributed by atoms with E-state index in [4.69, 9.17) is 14.1 Å². The van der Waals surface area contributed by atoms with Gasteiger partial charge in [-0.25, -0.2) is 4.98 Å². The maximum atomic E-state index is 13.7. The number of fused-ring (bicyclic) bond motifs is 3. The zero-order chi connectivity index (χ0) is 26.2. The Bertz CT molecular complexity index is 1800. The number of amides is 1. The lowest BCUT2D eigenvalue weighted by Gasteiger charge is -2.17. The third kappa shape index (κ3) is 4.27. The molecule has 0 bridgehead atoms. The number of aromatic amines is 1. The molecule has 0 saturated carbocycles. The number of nitrogens with zero attached hydrogens (tertiary/aromatic N) is 1. The number of hydrogen-bond donors (Lipinski definition) is 3. The largest absolute Gasteiger partial charge is 0.497 e. The number of aliphatic hydroxyl groups excluding tert-OH is 1. The molecule has 3 heterocycles. The van der Waals surface area contributed by atoms with Gasteiger partial charge in [0.15, 0.2) is 5.76 Å². The van der Waals surface area contributed by atoms with E-state index in [0.29, 0.717) is 40.1 Å². The minimum atomic E-state index is -0.479. The van der Waals surface area contributed by atoms with Gasteiger partial charge in [-0.3, -0.25) is 4.79 Å². The third-order valence-corrected chi connectivity index (χ3v) is 6.95. The van der Waals surface area contributed by atoms with Crippen molar-refractivity contribution >= 4 is 38.7 Å². The van der Waals surface area contributed by atoms with Crippen LogP contribution in [-0.4, -0.2) is 40.7 Å². The normalized spacial score (nSPS) is 12.3. The summed E-state index contributed by atoms with van der Waals surface area (Å²) in [4.78, 5) is 21.8. The van der Waals surface area contributed by atoms with E-state index < -0.39 is 6.04 Å². The number of para-hydroxylation sites is 2. The minimum Gasteiger partial charge on any atom is -0.497 e. The first-order valence-corrected chi connectivity index (χ1v) is 12.5. The number of H-pyrrole nitrogens is 1. The fourth-order valence-corrected chi connectivity index (χ4v) is 4.97. The second-order valence-electron chi connectivity index (χ2n) is 9.46. The zero-order valence-electron chi connectivity index (χ0n) is 21.1. The first-order valence-electron chi connectivity index (χ1n) is 12.5. The molecule has 0 radical (unpaired) electrons. The predicted octanol–water partition coefficient (Wildman–Crippen LogP) is 5.78. The highest BCUT2D eigenvalue weighted by Crippen LogP contribution is 2.32. The smallest absolute Gasteiger partial charge is 0.252 e. The number of carbonyl (C=O) groups excluding carboxylic acids is 1. The molecular formula is C31H27N3O4. The summed E-state index contributed by atoms with van der Waals surface area (Å²) >= 11 is 0. The molecule has 1 unspecified atom stereocenters. The molecule has 190 valence electrons. The maximum Gasteiger partial charge on any atom is 0.252 e. The molecule has 38 heavy (non-hydrogen) atoms.